The number of para-hydroxylation sites is 1. The summed E-state index contributed by atoms with van der Waals surface area (Å²) >= 11 is 0. The molecule has 1 atom stereocenters. The van der Waals surface area contributed by atoms with Crippen molar-refractivity contribution in [3.05, 3.63) is 54.1 Å². The zero-order valence-electron chi connectivity index (χ0n) is 14.0. The minimum absolute atomic E-state index is 0.0577. The smallest absolute Gasteiger partial charge is 0.257 e. The molecule has 0 spiro atoms. The van der Waals surface area contributed by atoms with Crippen molar-refractivity contribution in [2.45, 2.75) is 6.42 Å². The van der Waals surface area contributed by atoms with Crippen LogP contribution in [0.1, 0.15) is 16.8 Å². The van der Waals surface area contributed by atoms with Gasteiger partial charge in [0.15, 0.2) is 0 Å². The molecule has 0 aliphatic carbocycles. The second kappa shape index (κ2) is 7.81. The Morgan fingerprint density at radius 1 is 1.08 bits per heavy atom. The van der Waals surface area contributed by atoms with E-state index in [2.05, 4.69) is 16.0 Å². The van der Waals surface area contributed by atoms with Gasteiger partial charge in [0.1, 0.15) is 5.75 Å². The summed E-state index contributed by atoms with van der Waals surface area (Å²) < 4.78 is 5.11. The molecule has 1 aliphatic heterocycles. The molecular formula is C19H21N3O3. The number of rotatable bonds is 5. The van der Waals surface area contributed by atoms with Crippen LogP contribution in [0.4, 0.5) is 11.4 Å². The predicted molar refractivity (Wildman–Crippen MR) is 97.0 cm³/mol. The van der Waals surface area contributed by atoms with Gasteiger partial charge in [0, 0.05) is 12.2 Å². The molecule has 130 valence electrons. The van der Waals surface area contributed by atoms with Gasteiger partial charge in [-0.25, -0.2) is 0 Å². The van der Waals surface area contributed by atoms with Crippen LogP contribution in [0.25, 0.3) is 0 Å². The van der Waals surface area contributed by atoms with Crippen molar-refractivity contribution < 1.29 is 14.3 Å². The standard InChI is InChI=1S/C19H21N3O3/c1-25-15-8-6-14(7-9-15)21-19(24)16-4-2-3-5-17(16)22-18(23)13-10-11-20-12-13/h2-9,13,20H,10-12H2,1H3,(H,21,24)(H,22,23). The number of amides is 2. The predicted octanol–water partition coefficient (Wildman–Crippen LogP) is 2.50. The summed E-state index contributed by atoms with van der Waals surface area (Å²) in [5.74, 6) is 0.328. The van der Waals surface area contributed by atoms with E-state index in [1.165, 1.54) is 0 Å². The highest BCUT2D eigenvalue weighted by Gasteiger charge is 2.23. The third-order valence-corrected chi connectivity index (χ3v) is 4.21. The van der Waals surface area contributed by atoms with E-state index in [-0.39, 0.29) is 17.7 Å². The fourth-order valence-corrected chi connectivity index (χ4v) is 2.78. The number of carbonyl (C=O) groups is 2. The van der Waals surface area contributed by atoms with Gasteiger partial charge >= 0.3 is 0 Å². The number of hydrogen-bond acceptors (Lipinski definition) is 4. The first kappa shape index (κ1) is 17.0. The van der Waals surface area contributed by atoms with E-state index in [1.54, 1.807) is 55.6 Å². The molecule has 25 heavy (non-hydrogen) atoms. The van der Waals surface area contributed by atoms with Gasteiger partial charge in [-0.2, -0.15) is 0 Å². The molecule has 2 aromatic rings. The Labute approximate surface area is 146 Å². The highest BCUT2D eigenvalue weighted by molar-refractivity contribution is 6.10. The molecule has 1 saturated heterocycles. The van der Waals surface area contributed by atoms with Crippen molar-refractivity contribution in [1.29, 1.82) is 0 Å². The molecule has 0 aromatic heterocycles. The van der Waals surface area contributed by atoms with E-state index in [1.807, 2.05) is 0 Å². The Bertz CT molecular complexity index is 753. The third kappa shape index (κ3) is 4.16. The normalized spacial score (nSPS) is 16.3. The minimum atomic E-state index is -0.273. The molecule has 1 fully saturated rings. The van der Waals surface area contributed by atoms with Crippen LogP contribution in [0.2, 0.25) is 0 Å². The van der Waals surface area contributed by atoms with E-state index < -0.39 is 0 Å². The highest BCUT2D eigenvalue weighted by atomic mass is 16.5. The van der Waals surface area contributed by atoms with E-state index >= 15 is 0 Å². The largest absolute Gasteiger partial charge is 0.497 e. The fraction of sp³-hybridized carbons (Fsp3) is 0.263. The van der Waals surface area contributed by atoms with Crippen LogP contribution in [-0.2, 0) is 4.79 Å². The van der Waals surface area contributed by atoms with E-state index in [9.17, 15) is 9.59 Å². The van der Waals surface area contributed by atoms with Gasteiger partial charge < -0.3 is 20.7 Å². The van der Waals surface area contributed by atoms with Gasteiger partial charge in [0.25, 0.3) is 5.91 Å². The summed E-state index contributed by atoms with van der Waals surface area (Å²) in [5.41, 5.74) is 1.61. The number of anilines is 2. The molecule has 0 saturated carbocycles. The number of benzene rings is 2. The lowest BCUT2D eigenvalue weighted by atomic mass is 10.1. The number of methoxy groups -OCH3 is 1. The molecule has 2 aromatic carbocycles. The summed E-state index contributed by atoms with van der Waals surface area (Å²) in [6.07, 6.45) is 0.812. The Morgan fingerprint density at radius 3 is 2.52 bits per heavy atom. The molecule has 3 rings (SSSR count). The number of ether oxygens (including phenoxy) is 1. The van der Waals surface area contributed by atoms with Crippen molar-refractivity contribution in [3.8, 4) is 5.75 Å². The summed E-state index contributed by atoms with van der Waals surface area (Å²) in [4.78, 5) is 24.9. The molecule has 1 unspecified atom stereocenters. The highest BCUT2D eigenvalue weighted by Crippen LogP contribution is 2.21. The van der Waals surface area contributed by atoms with Crippen LogP contribution < -0.4 is 20.7 Å². The Hall–Kier alpha value is -2.86. The maximum atomic E-state index is 12.6. The lowest BCUT2D eigenvalue weighted by molar-refractivity contribution is -0.119. The van der Waals surface area contributed by atoms with Crippen LogP contribution in [0.15, 0.2) is 48.5 Å². The average Bonchev–Trinajstić information content (AvgIpc) is 3.17. The van der Waals surface area contributed by atoms with Crippen molar-refractivity contribution in [2.24, 2.45) is 5.92 Å². The lowest BCUT2D eigenvalue weighted by Crippen LogP contribution is -2.26. The van der Waals surface area contributed by atoms with Crippen molar-refractivity contribution >= 4 is 23.2 Å². The van der Waals surface area contributed by atoms with Gasteiger partial charge in [0.2, 0.25) is 5.91 Å². The molecule has 6 heteroatoms. The molecule has 1 aliphatic rings. The summed E-state index contributed by atoms with van der Waals surface area (Å²) in [7, 11) is 1.59. The maximum Gasteiger partial charge on any atom is 0.257 e. The lowest BCUT2D eigenvalue weighted by Gasteiger charge is -2.14. The van der Waals surface area contributed by atoms with Gasteiger partial charge in [-0.1, -0.05) is 12.1 Å². The van der Waals surface area contributed by atoms with Gasteiger partial charge in [0.05, 0.1) is 24.3 Å². The van der Waals surface area contributed by atoms with Crippen LogP contribution in [0, 0.1) is 5.92 Å². The summed E-state index contributed by atoms with van der Waals surface area (Å²) in [5, 5.41) is 8.88. The van der Waals surface area contributed by atoms with Crippen LogP contribution in [0.5, 0.6) is 5.75 Å². The molecule has 6 nitrogen and oxygen atoms in total. The Kier molecular flexibility index (Phi) is 5.30. The van der Waals surface area contributed by atoms with Gasteiger partial charge in [-0.3, -0.25) is 9.59 Å². The number of carbonyl (C=O) groups excluding carboxylic acids is 2. The zero-order chi connectivity index (χ0) is 17.6. The summed E-state index contributed by atoms with van der Waals surface area (Å²) in [6.45, 7) is 1.52. The van der Waals surface area contributed by atoms with Crippen LogP contribution in [0.3, 0.4) is 0 Å². The minimum Gasteiger partial charge on any atom is -0.497 e. The first-order chi connectivity index (χ1) is 12.2. The second-order valence-corrected chi connectivity index (χ2v) is 5.91. The molecule has 0 bridgehead atoms. The van der Waals surface area contributed by atoms with E-state index in [4.69, 9.17) is 4.74 Å². The number of nitrogens with one attached hydrogen (secondary N) is 3. The molecule has 0 radical (unpaired) electrons. The SMILES string of the molecule is COc1ccc(NC(=O)c2ccccc2NC(=O)C2CCNC2)cc1. The number of hydrogen-bond donors (Lipinski definition) is 3. The molecule has 1 heterocycles. The second-order valence-electron chi connectivity index (χ2n) is 5.91. The first-order valence-electron chi connectivity index (χ1n) is 8.23. The molecule has 3 N–H and O–H groups in total. The monoisotopic (exact) mass is 339 g/mol. The van der Waals surface area contributed by atoms with E-state index in [0.29, 0.717) is 23.5 Å². The fourth-order valence-electron chi connectivity index (χ4n) is 2.78. The van der Waals surface area contributed by atoms with Crippen LogP contribution in [-0.4, -0.2) is 32.0 Å². The Balaban J connectivity index is 1.72. The first-order valence-corrected chi connectivity index (χ1v) is 8.23. The zero-order valence-corrected chi connectivity index (χ0v) is 14.0. The molecular weight excluding hydrogens is 318 g/mol. The van der Waals surface area contributed by atoms with Crippen molar-refractivity contribution in [2.75, 3.05) is 30.8 Å². The van der Waals surface area contributed by atoms with Crippen molar-refractivity contribution in [1.82, 2.24) is 5.32 Å². The van der Waals surface area contributed by atoms with Crippen molar-refractivity contribution in [3.63, 3.8) is 0 Å². The topological polar surface area (TPSA) is 79.5 Å². The average molecular weight is 339 g/mol. The quantitative estimate of drug-likeness (QED) is 0.782. The van der Waals surface area contributed by atoms with Gasteiger partial charge in [-0.15, -0.1) is 0 Å². The third-order valence-electron chi connectivity index (χ3n) is 4.21. The van der Waals surface area contributed by atoms with Crippen LogP contribution >= 0.6 is 0 Å². The van der Waals surface area contributed by atoms with E-state index in [0.717, 1.165) is 18.7 Å². The summed E-state index contributed by atoms with van der Waals surface area (Å²) in [6, 6.07) is 14.1. The maximum absolute atomic E-state index is 12.6. The Morgan fingerprint density at radius 2 is 1.84 bits per heavy atom. The molecule has 2 amide bonds. The van der Waals surface area contributed by atoms with Gasteiger partial charge in [-0.05, 0) is 49.4 Å².